The van der Waals surface area contributed by atoms with Crippen LogP contribution in [0.4, 0.5) is 0 Å². The maximum atomic E-state index is 5.90. The zero-order chi connectivity index (χ0) is 13.3. The molecule has 0 radical (unpaired) electrons. The average molecular weight is 337 g/mol. The second-order valence-corrected chi connectivity index (χ2v) is 6.91. The van der Waals surface area contributed by atoms with Crippen LogP contribution in [0.5, 0.6) is 0 Å². The topological polar surface area (TPSA) is 38.0 Å². The van der Waals surface area contributed by atoms with Crippen molar-refractivity contribution in [3.63, 3.8) is 0 Å². The lowest BCUT2D eigenvalue weighted by Gasteiger charge is -2.48. The summed E-state index contributed by atoms with van der Waals surface area (Å²) in [7, 11) is 0. The standard InChI is InChI=1S/C15H17BrN2S/c16-12-7-10-19-13(12)14(18-17)15(8-4-9-15)11-5-2-1-3-6-11/h1-3,5-7,10,14,18H,4,8-9,17H2. The summed E-state index contributed by atoms with van der Waals surface area (Å²) in [5.41, 5.74) is 4.60. The van der Waals surface area contributed by atoms with Crippen molar-refractivity contribution in [3.05, 3.63) is 56.7 Å². The molecule has 1 aliphatic rings. The van der Waals surface area contributed by atoms with E-state index in [1.54, 1.807) is 11.3 Å². The summed E-state index contributed by atoms with van der Waals surface area (Å²) >= 11 is 5.40. The number of benzene rings is 1. The van der Waals surface area contributed by atoms with Crippen LogP contribution in [0.15, 0.2) is 46.3 Å². The van der Waals surface area contributed by atoms with Crippen LogP contribution in [0.3, 0.4) is 0 Å². The lowest BCUT2D eigenvalue weighted by atomic mass is 9.60. The molecule has 0 saturated heterocycles. The molecule has 1 saturated carbocycles. The molecule has 3 N–H and O–H groups in total. The van der Waals surface area contributed by atoms with Gasteiger partial charge in [0, 0.05) is 14.8 Å². The quantitative estimate of drug-likeness (QED) is 0.650. The van der Waals surface area contributed by atoms with Crippen LogP contribution < -0.4 is 11.3 Å². The molecule has 0 spiro atoms. The lowest BCUT2D eigenvalue weighted by molar-refractivity contribution is 0.172. The van der Waals surface area contributed by atoms with Gasteiger partial charge in [-0.05, 0) is 45.8 Å². The lowest BCUT2D eigenvalue weighted by Crippen LogP contribution is -2.48. The number of nitrogens with one attached hydrogen (secondary N) is 1. The van der Waals surface area contributed by atoms with Gasteiger partial charge in [0.2, 0.25) is 0 Å². The molecule has 1 fully saturated rings. The fourth-order valence-electron chi connectivity index (χ4n) is 3.07. The van der Waals surface area contributed by atoms with E-state index in [1.807, 2.05) is 0 Å². The number of hydrazine groups is 1. The Balaban J connectivity index is 2.04. The number of halogens is 1. The summed E-state index contributed by atoms with van der Waals surface area (Å²) in [6.45, 7) is 0. The molecule has 1 heterocycles. The molecule has 1 aromatic carbocycles. The monoisotopic (exact) mass is 336 g/mol. The third-order valence-corrected chi connectivity index (χ3v) is 6.16. The Hall–Kier alpha value is -0.680. The molecule has 1 aliphatic carbocycles. The van der Waals surface area contributed by atoms with Gasteiger partial charge >= 0.3 is 0 Å². The van der Waals surface area contributed by atoms with Crippen molar-refractivity contribution in [1.82, 2.24) is 5.43 Å². The zero-order valence-corrected chi connectivity index (χ0v) is 13.0. The molecule has 0 aliphatic heterocycles. The molecule has 1 unspecified atom stereocenters. The van der Waals surface area contributed by atoms with Gasteiger partial charge < -0.3 is 0 Å². The first-order valence-electron chi connectivity index (χ1n) is 6.52. The van der Waals surface area contributed by atoms with Crippen LogP contribution in [-0.2, 0) is 5.41 Å². The molecule has 19 heavy (non-hydrogen) atoms. The maximum absolute atomic E-state index is 5.90. The van der Waals surface area contributed by atoms with Gasteiger partial charge in [0.1, 0.15) is 0 Å². The third kappa shape index (κ3) is 2.17. The van der Waals surface area contributed by atoms with E-state index in [4.69, 9.17) is 5.84 Å². The van der Waals surface area contributed by atoms with Gasteiger partial charge in [0.05, 0.1) is 6.04 Å². The Labute approximate surface area is 126 Å². The first kappa shape index (κ1) is 13.3. The summed E-state index contributed by atoms with van der Waals surface area (Å²) in [5, 5.41) is 2.11. The van der Waals surface area contributed by atoms with E-state index in [0.717, 1.165) is 4.47 Å². The highest BCUT2D eigenvalue weighted by atomic mass is 79.9. The number of nitrogens with two attached hydrogens (primary N) is 1. The normalized spacial score (nSPS) is 18.8. The van der Waals surface area contributed by atoms with Crippen LogP contribution >= 0.6 is 27.3 Å². The van der Waals surface area contributed by atoms with E-state index in [2.05, 4.69) is 63.1 Å². The molecule has 0 bridgehead atoms. The third-order valence-electron chi connectivity index (χ3n) is 4.22. The van der Waals surface area contributed by atoms with E-state index in [9.17, 15) is 0 Å². The first-order valence-corrected chi connectivity index (χ1v) is 8.20. The molecule has 1 atom stereocenters. The van der Waals surface area contributed by atoms with Crippen molar-refractivity contribution in [2.75, 3.05) is 0 Å². The number of hydrogen-bond acceptors (Lipinski definition) is 3. The Bertz CT molecular complexity index is 548. The van der Waals surface area contributed by atoms with Gasteiger partial charge in [0.15, 0.2) is 0 Å². The fraction of sp³-hybridized carbons (Fsp3) is 0.333. The van der Waals surface area contributed by atoms with E-state index < -0.39 is 0 Å². The minimum Gasteiger partial charge on any atom is -0.271 e. The summed E-state index contributed by atoms with van der Waals surface area (Å²) in [6.07, 6.45) is 3.66. The second kappa shape index (κ2) is 5.37. The number of hydrogen-bond donors (Lipinski definition) is 2. The molecule has 1 aromatic heterocycles. The van der Waals surface area contributed by atoms with E-state index in [1.165, 1.54) is 29.7 Å². The molecule has 4 heteroatoms. The average Bonchev–Trinajstić information content (AvgIpc) is 2.81. The van der Waals surface area contributed by atoms with E-state index >= 15 is 0 Å². The predicted molar refractivity (Wildman–Crippen MR) is 84.1 cm³/mol. The van der Waals surface area contributed by atoms with Crippen LogP contribution in [0.25, 0.3) is 0 Å². The van der Waals surface area contributed by atoms with Gasteiger partial charge in [0.25, 0.3) is 0 Å². The Kier molecular flexibility index (Phi) is 3.76. The van der Waals surface area contributed by atoms with Gasteiger partial charge in [-0.3, -0.25) is 11.3 Å². The second-order valence-electron chi connectivity index (χ2n) is 5.11. The van der Waals surface area contributed by atoms with Gasteiger partial charge in [-0.1, -0.05) is 36.8 Å². The van der Waals surface area contributed by atoms with Gasteiger partial charge in [-0.15, -0.1) is 11.3 Å². The summed E-state index contributed by atoms with van der Waals surface area (Å²) in [4.78, 5) is 1.30. The predicted octanol–water partition coefficient (Wildman–Crippen LogP) is 4.14. The van der Waals surface area contributed by atoms with Crippen molar-refractivity contribution in [3.8, 4) is 0 Å². The van der Waals surface area contributed by atoms with E-state index in [0.29, 0.717) is 0 Å². The fourth-order valence-corrected chi connectivity index (χ4v) is 4.85. The largest absolute Gasteiger partial charge is 0.271 e. The molecule has 2 aromatic rings. The van der Waals surface area contributed by atoms with Crippen LogP contribution in [0.1, 0.15) is 35.7 Å². The van der Waals surface area contributed by atoms with Crippen molar-refractivity contribution >= 4 is 27.3 Å². The number of rotatable bonds is 4. The number of thiophene rings is 1. The molecular weight excluding hydrogens is 320 g/mol. The summed E-state index contributed by atoms with van der Waals surface area (Å²) in [6, 6.07) is 13.0. The SMILES string of the molecule is NNC(c1sccc1Br)C1(c2ccccc2)CCC1. The minimum absolute atomic E-state index is 0.142. The Morgan fingerprint density at radius 2 is 1.95 bits per heavy atom. The van der Waals surface area contributed by atoms with E-state index in [-0.39, 0.29) is 11.5 Å². The van der Waals surface area contributed by atoms with Crippen molar-refractivity contribution in [1.29, 1.82) is 0 Å². The maximum Gasteiger partial charge on any atom is 0.0661 e. The van der Waals surface area contributed by atoms with Crippen LogP contribution in [-0.4, -0.2) is 0 Å². The van der Waals surface area contributed by atoms with Crippen molar-refractivity contribution in [2.24, 2.45) is 5.84 Å². The summed E-state index contributed by atoms with van der Waals surface area (Å²) < 4.78 is 1.16. The first-order chi connectivity index (χ1) is 9.28. The molecular formula is C15H17BrN2S. The van der Waals surface area contributed by atoms with Crippen molar-refractivity contribution in [2.45, 2.75) is 30.7 Å². The highest BCUT2D eigenvalue weighted by molar-refractivity contribution is 9.10. The molecule has 100 valence electrons. The summed E-state index contributed by atoms with van der Waals surface area (Å²) in [5.74, 6) is 5.90. The van der Waals surface area contributed by atoms with Crippen LogP contribution in [0.2, 0.25) is 0 Å². The van der Waals surface area contributed by atoms with Gasteiger partial charge in [-0.2, -0.15) is 0 Å². The Morgan fingerprint density at radius 3 is 2.42 bits per heavy atom. The van der Waals surface area contributed by atoms with Crippen molar-refractivity contribution < 1.29 is 0 Å². The Morgan fingerprint density at radius 1 is 1.21 bits per heavy atom. The highest BCUT2D eigenvalue weighted by Crippen LogP contribution is 2.53. The zero-order valence-electron chi connectivity index (χ0n) is 10.6. The molecule has 2 nitrogen and oxygen atoms in total. The van der Waals surface area contributed by atoms with Crippen LogP contribution in [0, 0.1) is 0 Å². The molecule has 3 rings (SSSR count). The van der Waals surface area contributed by atoms with Gasteiger partial charge in [-0.25, -0.2) is 0 Å². The smallest absolute Gasteiger partial charge is 0.0661 e. The molecule has 0 amide bonds. The highest BCUT2D eigenvalue weighted by Gasteiger charge is 2.46. The minimum atomic E-state index is 0.142.